The smallest absolute Gasteiger partial charge is 0.243 e. The maximum Gasteiger partial charge on any atom is 0.243 e. The minimum absolute atomic E-state index is 0.131. The molecule has 0 bridgehead atoms. The van der Waals surface area contributed by atoms with Gasteiger partial charge in [0.15, 0.2) is 0 Å². The average molecular weight is 445 g/mol. The van der Waals surface area contributed by atoms with Gasteiger partial charge in [0.1, 0.15) is 5.75 Å². The molecule has 1 heterocycles. The van der Waals surface area contributed by atoms with Crippen LogP contribution in [0.2, 0.25) is 0 Å². The topological polar surface area (TPSA) is 66.9 Å². The van der Waals surface area contributed by atoms with Gasteiger partial charge in [-0.25, -0.2) is 8.42 Å². The molecule has 0 saturated carbocycles. The van der Waals surface area contributed by atoms with Gasteiger partial charge in [-0.15, -0.1) is 0 Å². The summed E-state index contributed by atoms with van der Waals surface area (Å²) in [6, 6.07) is 14.5. The quantitative estimate of drug-likeness (QED) is 0.625. The molecule has 31 heavy (non-hydrogen) atoms. The lowest BCUT2D eigenvalue weighted by Crippen LogP contribution is -2.46. The first kappa shape index (κ1) is 23.3. The van der Waals surface area contributed by atoms with Crippen LogP contribution in [0.25, 0.3) is 0 Å². The van der Waals surface area contributed by atoms with E-state index in [0.29, 0.717) is 31.2 Å². The fourth-order valence-corrected chi connectivity index (χ4v) is 5.33. The van der Waals surface area contributed by atoms with E-state index in [1.165, 1.54) is 4.31 Å². The number of rotatable bonds is 8. The lowest BCUT2D eigenvalue weighted by atomic mass is 9.99. The van der Waals surface area contributed by atoms with Gasteiger partial charge in [-0.2, -0.15) is 4.31 Å². The van der Waals surface area contributed by atoms with Gasteiger partial charge in [-0.05, 0) is 61.4 Å². The highest BCUT2D eigenvalue weighted by Crippen LogP contribution is 2.24. The van der Waals surface area contributed by atoms with Gasteiger partial charge in [-0.3, -0.25) is 4.79 Å². The highest BCUT2D eigenvalue weighted by atomic mass is 32.2. The van der Waals surface area contributed by atoms with Crippen molar-refractivity contribution in [3.63, 3.8) is 0 Å². The summed E-state index contributed by atoms with van der Waals surface area (Å²) in [7, 11) is -2.28. The number of ether oxygens (including phenoxy) is 1. The molecule has 0 spiro atoms. The molecule has 2 aromatic rings. The first-order valence-electron chi connectivity index (χ1n) is 10.8. The van der Waals surface area contributed by atoms with E-state index in [-0.39, 0.29) is 23.9 Å². The maximum absolute atomic E-state index is 13.5. The standard InChI is InChI=1S/C24H32N2O4S/c1-19-11-14-25(15-12-19)24(27)18-26(16-13-21-7-5-4-6-8-21)31(28,29)22-9-10-23(30-3)20(2)17-22/h4-10,17,19H,11-16,18H2,1-3H3. The molecular weight excluding hydrogens is 412 g/mol. The Morgan fingerprint density at radius 3 is 2.42 bits per heavy atom. The summed E-state index contributed by atoms with van der Waals surface area (Å²) in [4.78, 5) is 14.9. The number of amides is 1. The second-order valence-electron chi connectivity index (χ2n) is 8.27. The van der Waals surface area contributed by atoms with Gasteiger partial charge in [-0.1, -0.05) is 37.3 Å². The molecule has 0 N–H and O–H groups in total. The molecule has 2 aromatic carbocycles. The number of likely N-dealkylation sites (tertiary alicyclic amines) is 1. The number of piperidine rings is 1. The van der Waals surface area contributed by atoms with Crippen molar-refractivity contribution in [1.29, 1.82) is 0 Å². The Balaban J connectivity index is 1.83. The number of carbonyl (C=O) groups excluding carboxylic acids is 1. The second-order valence-corrected chi connectivity index (χ2v) is 10.2. The number of nitrogens with zero attached hydrogens (tertiary/aromatic N) is 2. The molecule has 6 nitrogen and oxygen atoms in total. The van der Waals surface area contributed by atoms with Crippen LogP contribution in [0.15, 0.2) is 53.4 Å². The van der Waals surface area contributed by atoms with Crippen LogP contribution in [0.3, 0.4) is 0 Å². The number of methoxy groups -OCH3 is 1. The first-order valence-corrected chi connectivity index (χ1v) is 12.2. The van der Waals surface area contributed by atoms with E-state index >= 15 is 0 Å². The molecule has 0 aliphatic carbocycles. The molecule has 168 valence electrons. The first-order chi connectivity index (χ1) is 14.8. The predicted molar refractivity (Wildman–Crippen MR) is 122 cm³/mol. The lowest BCUT2D eigenvalue weighted by molar-refractivity contribution is -0.132. The summed E-state index contributed by atoms with van der Waals surface area (Å²) < 4.78 is 33.6. The van der Waals surface area contributed by atoms with Gasteiger partial charge in [0.25, 0.3) is 0 Å². The van der Waals surface area contributed by atoms with Crippen molar-refractivity contribution < 1.29 is 17.9 Å². The van der Waals surface area contributed by atoms with Crippen LogP contribution in [-0.4, -0.2) is 56.8 Å². The third-order valence-corrected chi connectivity index (χ3v) is 7.79. The Morgan fingerprint density at radius 1 is 1.13 bits per heavy atom. The third-order valence-electron chi connectivity index (χ3n) is 5.94. The summed E-state index contributed by atoms with van der Waals surface area (Å²) in [5.74, 6) is 1.10. The van der Waals surface area contributed by atoms with Crippen LogP contribution in [0.5, 0.6) is 5.75 Å². The lowest BCUT2D eigenvalue weighted by Gasteiger charge is -2.32. The van der Waals surface area contributed by atoms with Crippen LogP contribution in [-0.2, 0) is 21.2 Å². The molecule has 1 fully saturated rings. The molecule has 0 unspecified atom stereocenters. The highest BCUT2D eigenvalue weighted by Gasteiger charge is 2.30. The van der Waals surface area contributed by atoms with Gasteiger partial charge in [0.2, 0.25) is 15.9 Å². The number of hydrogen-bond donors (Lipinski definition) is 0. The van der Waals surface area contributed by atoms with Gasteiger partial charge >= 0.3 is 0 Å². The van der Waals surface area contributed by atoms with Crippen molar-refractivity contribution in [3.05, 3.63) is 59.7 Å². The fourth-order valence-electron chi connectivity index (χ4n) is 3.85. The summed E-state index contributed by atoms with van der Waals surface area (Å²) >= 11 is 0. The van der Waals surface area contributed by atoms with Crippen molar-refractivity contribution in [2.24, 2.45) is 5.92 Å². The van der Waals surface area contributed by atoms with Crippen molar-refractivity contribution >= 4 is 15.9 Å². The maximum atomic E-state index is 13.5. The molecule has 0 radical (unpaired) electrons. The molecule has 7 heteroatoms. The zero-order valence-corrected chi connectivity index (χ0v) is 19.4. The Morgan fingerprint density at radius 2 is 1.81 bits per heavy atom. The predicted octanol–water partition coefficient (Wildman–Crippen LogP) is 3.50. The van der Waals surface area contributed by atoms with Crippen molar-refractivity contribution in [1.82, 2.24) is 9.21 Å². The second kappa shape index (κ2) is 10.3. The summed E-state index contributed by atoms with van der Waals surface area (Å²) in [5.41, 5.74) is 1.77. The van der Waals surface area contributed by atoms with E-state index in [9.17, 15) is 13.2 Å². The molecule has 1 amide bonds. The summed E-state index contributed by atoms with van der Waals surface area (Å²) in [6.07, 6.45) is 2.46. The van der Waals surface area contributed by atoms with Gasteiger partial charge < -0.3 is 9.64 Å². The average Bonchev–Trinajstić information content (AvgIpc) is 2.77. The van der Waals surface area contributed by atoms with Crippen LogP contribution >= 0.6 is 0 Å². The molecule has 0 aromatic heterocycles. The largest absolute Gasteiger partial charge is 0.496 e. The Labute approximate surface area is 185 Å². The minimum atomic E-state index is -3.83. The van der Waals surface area contributed by atoms with Gasteiger partial charge in [0, 0.05) is 19.6 Å². The van der Waals surface area contributed by atoms with Crippen LogP contribution in [0.4, 0.5) is 0 Å². The normalized spacial score (nSPS) is 15.3. The zero-order valence-electron chi connectivity index (χ0n) is 18.6. The number of benzene rings is 2. The van der Waals surface area contributed by atoms with Crippen LogP contribution in [0, 0.1) is 12.8 Å². The zero-order chi connectivity index (χ0) is 22.4. The SMILES string of the molecule is COc1ccc(S(=O)(=O)N(CCc2ccccc2)CC(=O)N2CCC(C)CC2)cc1C. The Hall–Kier alpha value is -2.38. The fraction of sp³-hybridized carbons (Fsp3) is 0.458. The number of carbonyl (C=O) groups is 1. The number of hydrogen-bond acceptors (Lipinski definition) is 4. The van der Waals surface area contributed by atoms with E-state index < -0.39 is 10.0 Å². The Bertz CT molecular complexity index is 984. The number of sulfonamides is 1. The van der Waals surface area contributed by atoms with Gasteiger partial charge in [0.05, 0.1) is 18.6 Å². The molecule has 3 rings (SSSR count). The van der Waals surface area contributed by atoms with E-state index in [0.717, 1.165) is 24.0 Å². The molecule has 1 aliphatic heterocycles. The molecule has 0 atom stereocenters. The van der Waals surface area contributed by atoms with E-state index in [1.54, 1.807) is 30.2 Å². The summed E-state index contributed by atoms with van der Waals surface area (Å²) in [5, 5.41) is 0. The summed E-state index contributed by atoms with van der Waals surface area (Å²) in [6.45, 7) is 5.47. The minimum Gasteiger partial charge on any atom is -0.496 e. The van der Waals surface area contributed by atoms with E-state index in [4.69, 9.17) is 4.74 Å². The van der Waals surface area contributed by atoms with E-state index in [2.05, 4.69) is 6.92 Å². The third kappa shape index (κ3) is 5.86. The number of aryl methyl sites for hydroxylation is 1. The molecule has 1 saturated heterocycles. The monoisotopic (exact) mass is 444 g/mol. The molecular formula is C24H32N2O4S. The van der Waals surface area contributed by atoms with Crippen molar-refractivity contribution in [2.45, 2.75) is 38.0 Å². The van der Waals surface area contributed by atoms with Crippen molar-refractivity contribution in [2.75, 3.05) is 33.3 Å². The Kier molecular flexibility index (Phi) is 7.73. The highest BCUT2D eigenvalue weighted by molar-refractivity contribution is 7.89. The van der Waals surface area contributed by atoms with E-state index in [1.807, 2.05) is 37.3 Å². The van der Waals surface area contributed by atoms with Crippen LogP contribution < -0.4 is 4.74 Å². The molecule has 1 aliphatic rings. The van der Waals surface area contributed by atoms with Crippen molar-refractivity contribution in [3.8, 4) is 5.75 Å². The van der Waals surface area contributed by atoms with Crippen LogP contribution in [0.1, 0.15) is 30.9 Å².